The van der Waals surface area contributed by atoms with E-state index in [1.54, 1.807) is 4.90 Å². The molecule has 24 heavy (non-hydrogen) atoms. The van der Waals surface area contributed by atoms with Crippen LogP contribution in [-0.2, 0) is 11.2 Å². The molecule has 0 radical (unpaired) electrons. The summed E-state index contributed by atoms with van der Waals surface area (Å²) in [5, 5.41) is 5.43. The van der Waals surface area contributed by atoms with E-state index in [1.165, 1.54) is 22.7 Å². The Bertz CT molecular complexity index is 724. The van der Waals surface area contributed by atoms with Gasteiger partial charge in [0.25, 0.3) is 5.91 Å². The minimum Gasteiger partial charge on any atom is -0.326 e. The van der Waals surface area contributed by atoms with Crippen molar-refractivity contribution in [3.63, 3.8) is 0 Å². The number of aryl methyl sites for hydroxylation is 2. The molecule has 1 saturated heterocycles. The van der Waals surface area contributed by atoms with Crippen molar-refractivity contribution in [2.45, 2.75) is 45.6 Å². The van der Waals surface area contributed by atoms with Gasteiger partial charge in [0.05, 0.1) is 10.6 Å². The number of hydrogen-bond donors (Lipinski definition) is 1. The van der Waals surface area contributed by atoms with E-state index in [4.69, 9.17) is 0 Å². The molecular weight excluding hydrogens is 342 g/mol. The topological polar surface area (TPSA) is 62.3 Å². The second-order valence-corrected chi connectivity index (χ2v) is 8.00. The molecule has 0 aromatic carbocycles. The zero-order valence-corrected chi connectivity index (χ0v) is 15.5. The highest BCUT2D eigenvalue weighted by Gasteiger charge is 2.33. The summed E-state index contributed by atoms with van der Waals surface area (Å²) in [4.78, 5) is 33.4. The Morgan fingerprint density at radius 2 is 2.25 bits per heavy atom. The van der Waals surface area contributed by atoms with Gasteiger partial charge in [-0.15, -0.1) is 22.7 Å². The number of carbonyl (C=O) groups excluding carboxylic acids is 2. The summed E-state index contributed by atoms with van der Waals surface area (Å²) in [5.74, 6) is -0.176. The molecule has 1 N–H and O–H groups in total. The van der Waals surface area contributed by atoms with Crippen LogP contribution in [0.1, 0.15) is 46.4 Å². The summed E-state index contributed by atoms with van der Waals surface area (Å²) < 4.78 is 0. The SMILES string of the molecule is CCc1nc(NC(=O)C2CCCCN2C(=O)c2cccs2)sc1C. The molecule has 1 atom stereocenters. The van der Waals surface area contributed by atoms with E-state index in [1.807, 2.05) is 24.4 Å². The van der Waals surface area contributed by atoms with Crippen LogP contribution < -0.4 is 5.32 Å². The highest BCUT2D eigenvalue weighted by Crippen LogP contribution is 2.25. The van der Waals surface area contributed by atoms with Crippen molar-refractivity contribution in [3.05, 3.63) is 33.0 Å². The maximum Gasteiger partial charge on any atom is 0.264 e. The number of nitrogens with zero attached hydrogens (tertiary/aromatic N) is 2. The number of amides is 2. The Hall–Kier alpha value is -1.73. The van der Waals surface area contributed by atoms with Crippen molar-refractivity contribution < 1.29 is 9.59 Å². The predicted molar refractivity (Wildman–Crippen MR) is 97.9 cm³/mol. The fraction of sp³-hybridized carbons (Fsp3) is 0.471. The number of anilines is 1. The molecule has 5 nitrogen and oxygen atoms in total. The number of aromatic nitrogens is 1. The summed E-state index contributed by atoms with van der Waals surface area (Å²) >= 11 is 2.91. The average molecular weight is 364 g/mol. The molecule has 1 aliphatic heterocycles. The van der Waals surface area contributed by atoms with Crippen LogP contribution in [0.15, 0.2) is 17.5 Å². The van der Waals surface area contributed by atoms with Gasteiger partial charge in [0.15, 0.2) is 5.13 Å². The van der Waals surface area contributed by atoms with Gasteiger partial charge in [-0.2, -0.15) is 0 Å². The molecule has 128 valence electrons. The van der Waals surface area contributed by atoms with Crippen LogP contribution >= 0.6 is 22.7 Å². The van der Waals surface area contributed by atoms with E-state index in [0.29, 0.717) is 23.0 Å². The van der Waals surface area contributed by atoms with Crippen molar-refractivity contribution in [2.75, 3.05) is 11.9 Å². The molecular formula is C17H21N3O2S2. The zero-order valence-electron chi connectivity index (χ0n) is 13.9. The van der Waals surface area contributed by atoms with Crippen LogP contribution in [0.5, 0.6) is 0 Å². The molecule has 0 aliphatic carbocycles. The quantitative estimate of drug-likeness (QED) is 0.901. The van der Waals surface area contributed by atoms with Gasteiger partial charge in [-0.3, -0.25) is 9.59 Å². The number of nitrogens with one attached hydrogen (secondary N) is 1. The number of thiazole rings is 1. The molecule has 0 spiro atoms. The van der Waals surface area contributed by atoms with Gasteiger partial charge in [-0.05, 0) is 44.1 Å². The monoisotopic (exact) mass is 363 g/mol. The molecule has 0 bridgehead atoms. The third-order valence-electron chi connectivity index (χ3n) is 4.26. The van der Waals surface area contributed by atoms with Gasteiger partial charge in [-0.1, -0.05) is 13.0 Å². The third kappa shape index (κ3) is 3.52. The molecule has 2 aromatic heterocycles. The highest BCUT2D eigenvalue weighted by atomic mass is 32.1. The fourth-order valence-corrected chi connectivity index (χ4v) is 4.57. The van der Waals surface area contributed by atoms with Gasteiger partial charge in [0.1, 0.15) is 6.04 Å². The lowest BCUT2D eigenvalue weighted by Crippen LogP contribution is -2.49. The number of rotatable bonds is 4. The molecule has 1 fully saturated rings. The molecule has 3 rings (SSSR count). The predicted octanol–water partition coefficient (Wildman–Crippen LogP) is 3.71. The van der Waals surface area contributed by atoms with Crippen molar-refractivity contribution >= 4 is 39.6 Å². The van der Waals surface area contributed by atoms with Crippen molar-refractivity contribution in [1.82, 2.24) is 9.88 Å². The summed E-state index contributed by atoms with van der Waals surface area (Å²) in [6.07, 6.45) is 3.46. The van der Waals surface area contributed by atoms with Crippen molar-refractivity contribution in [1.29, 1.82) is 0 Å². The van der Waals surface area contributed by atoms with E-state index >= 15 is 0 Å². The lowest BCUT2D eigenvalue weighted by Gasteiger charge is -2.34. The van der Waals surface area contributed by atoms with Crippen LogP contribution in [-0.4, -0.2) is 34.3 Å². The standard InChI is InChI=1S/C17H21N3O2S2/c1-3-12-11(2)24-17(18-12)19-15(21)13-7-4-5-9-20(13)16(22)14-8-6-10-23-14/h6,8,10,13H,3-5,7,9H2,1-2H3,(H,18,19,21). The van der Waals surface area contributed by atoms with E-state index < -0.39 is 6.04 Å². The maximum absolute atomic E-state index is 12.7. The number of carbonyl (C=O) groups is 2. The minimum atomic E-state index is -0.414. The Morgan fingerprint density at radius 1 is 1.42 bits per heavy atom. The van der Waals surface area contributed by atoms with Gasteiger partial charge in [0.2, 0.25) is 5.91 Å². The Kier molecular flexibility index (Phi) is 5.30. The van der Waals surface area contributed by atoms with E-state index in [0.717, 1.165) is 29.8 Å². The maximum atomic E-state index is 12.7. The second kappa shape index (κ2) is 7.44. The Morgan fingerprint density at radius 3 is 2.92 bits per heavy atom. The number of piperidine rings is 1. The molecule has 1 aliphatic rings. The molecule has 0 saturated carbocycles. The highest BCUT2D eigenvalue weighted by molar-refractivity contribution is 7.15. The summed E-state index contributed by atoms with van der Waals surface area (Å²) in [7, 11) is 0. The van der Waals surface area contributed by atoms with E-state index in [9.17, 15) is 9.59 Å². The van der Waals surface area contributed by atoms with Crippen molar-refractivity contribution in [3.8, 4) is 0 Å². The number of likely N-dealkylation sites (tertiary alicyclic amines) is 1. The van der Waals surface area contributed by atoms with Gasteiger partial charge < -0.3 is 10.2 Å². The average Bonchev–Trinajstić information content (AvgIpc) is 3.23. The first-order valence-corrected chi connectivity index (χ1v) is 9.91. The molecule has 1 unspecified atom stereocenters. The van der Waals surface area contributed by atoms with E-state index in [2.05, 4.69) is 17.2 Å². The molecule has 7 heteroatoms. The Labute approximate surface area is 149 Å². The van der Waals surface area contributed by atoms with Crippen LogP contribution in [0.3, 0.4) is 0 Å². The van der Waals surface area contributed by atoms with Crippen LogP contribution in [0, 0.1) is 6.92 Å². The summed E-state index contributed by atoms with van der Waals surface area (Å²) in [6, 6.07) is 3.26. The fourth-order valence-electron chi connectivity index (χ4n) is 2.99. The first kappa shape index (κ1) is 17.1. The first-order chi connectivity index (χ1) is 11.6. The largest absolute Gasteiger partial charge is 0.326 e. The van der Waals surface area contributed by atoms with Gasteiger partial charge in [0, 0.05) is 11.4 Å². The second-order valence-electron chi connectivity index (χ2n) is 5.85. The van der Waals surface area contributed by atoms with Gasteiger partial charge in [-0.25, -0.2) is 4.98 Å². The first-order valence-electron chi connectivity index (χ1n) is 8.21. The van der Waals surface area contributed by atoms with Crippen LogP contribution in [0.2, 0.25) is 0 Å². The number of hydrogen-bond acceptors (Lipinski definition) is 5. The third-order valence-corrected chi connectivity index (χ3v) is 6.04. The molecule has 2 amide bonds. The summed E-state index contributed by atoms with van der Waals surface area (Å²) in [6.45, 7) is 4.70. The minimum absolute atomic E-state index is 0.0468. The number of thiophene rings is 1. The van der Waals surface area contributed by atoms with E-state index in [-0.39, 0.29) is 11.8 Å². The van der Waals surface area contributed by atoms with Crippen LogP contribution in [0.4, 0.5) is 5.13 Å². The molecule has 3 heterocycles. The van der Waals surface area contributed by atoms with Gasteiger partial charge >= 0.3 is 0 Å². The normalized spacial score (nSPS) is 17.8. The summed E-state index contributed by atoms with van der Waals surface area (Å²) in [5.41, 5.74) is 1.02. The smallest absolute Gasteiger partial charge is 0.264 e. The Balaban J connectivity index is 1.74. The zero-order chi connectivity index (χ0) is 17.1. The lowest BCUT2D eigenvalue weighted by atomic mass is 10.0. The van der Waals surface area contributed by atoms with Crippen molar-refractivity contribution in [2.24, 2.45) is 0 Å². The lowest BCUT2D eigenvalue weighted by molar-refractivity contribution is -0.121. The van der Waals surface area contributed by atoms with Crippen LogP contribution in [0.25, 0.3) is 0 Å². The molecule has 2 aromatic rings.